The molecule has 2 amide bonds. The number of aliphatic hydroxyl groups excluding tert-OH is 1. The van der Waals surface area contributed by atoms with Crippen molar-refractivity contribution in [2.24, 2.45) is 11.1 Å². The van der Waals surface area contributed by atoms with Gasteiger partial charge in [0.25, 0.3) is 0 Å². The molecule has 2 unspecified atom stereocenters. The van der Waals surface area contributed by atoms with Crippen molar-refractivity contribution in [2.45, 2.75) is 70.2 Å². The summed E-state index contributed by atoms with van der Waals surface area (Å²) in [6.07, 6.45) is 0.947. The molecular weight excluding hydrogens is 490 g/mol. The van der Waals surface area contributed by atoms with E-state index in [-0.39, 0.29) is 35.8 Å². The summed E-state index contributed by atoms with van der Waals surface area (Å²) in [6.45, 7) is 8.97. The third-order valence-electron chi connectivity index (χ3n) is 8.20. The van der Waals surface area contributed by atoms with Crippen molar-refractivity contribution >= 4 is 24.2 Å². The number of benzene rings is 2. The maximum Gasteiger partial charge on any atom is 0.247 e. The smallest absolute Gasteiger partial charge is 0.247 e. The van der Waals surface area contributed by atoms with E-state index < -0.39 is 23.6 Å². The van der Waals surface area contributed by atoms with Crippen LogP contribution in [0.2, 0.25) is 0 Å². The molecule has 1 fully saturated rings. The topological polar surface area (TPSA) is 105 Å². The largest absolute Gasteiger partial charge is 0.388 e. The van der Waals surface area contributed by atoms with E-state index >= 15 is 0 Å². The summed E-state index contributed by atoms with van der Waals surface area (Å²) >= 11 is 0. The van der Waals surface area contributed by atoms with Crippen LogP contribution in [-0.2, 0) is 26.3 Å². The fourth-order valence-electron chi connectivity index (χ4n) is 5.80. The van der Waals surface area contributed by atoms with Crippen molar-refractivity contribution in [3.05, 3.63) is 71.3 Å². The molecule has 0 aromatic heterocycles. The van der Waals surface area contributed by atoms with Crippen LogP contribution < -0.4 is 11.1 Å². The van der Waals surface area contributed by atoms with Gasteiger partial charge in [-0.05, 0) is 43.4 Å². The molecule has 2 aromatic carbocycles. The second-order valence-electron chi connectivity index (χ2n) is 11.4. The first-order chi connectivity index (χ1) is 17.0. The number of rotatable bonds is 7. The number of aliphatic hydroxyl groups is 1. The number of carbonyl (C=O) groups excluding carboxylic acids is 2. The van der Waals surface area contributed by atoms with Gasteiger partial charge in [-0.15, -0.1) is 12.4 Å². The number of likely N-dealkylation sites (tertiary alicyclic amines) is 1. The van der Waals surface area contributed by atoms with Crippen LogP contribution in [0.25, 0.3) is 0 Å². The van der Waals surface area contributed by atoms with Crippen LogP contribution in [0.4, 0.5) is 0 Å². The maximum absolute atomic E-state index is 13.6. The molecule has 0 bridgehead atoms. The normalized spacial score (nSPS) is 20.6. The van der Waals surface area contributed by atoms with Gasteiger partial charge in [0.1, 0.15) is 6.04 Å². The molecule has 2 aromatic rings. The summed E-state index contributed by atoms with van der Waals surface area (Å²) in [7, 11) is 0. The Morgan fingerprint density at radius 1 is 1.11 bits per heavy atom. The second kappa shape index (κ2) is 11.1. The Morgan fingerprint density at radius 2 is 1.70 bits per heavy atom. The first-order valence-electron chi connectivity index (χ1n) is 12.8. The van der Waals surface area contributed by atoms with Gasteiger partial charge in [0.15, 0.2) is 0 Å². The van der Waals surface area contributed by atoms with Gasteiger partial charge in [0, 0.05) is 23.9 Å². The van der Waals surface area contributed by atoms with E-state index in [1.807, 2.05) is 53.4 Å². The zero-order chi connectivity index (χ0) is 26.1. The van der Waals surface area contributed by atoms with Crippen molar-refractivity contribution in [1.82, 2.24) is 10.2 Å². The van der Waals surface area contributed by atoms with Crippen LogP contribution in [-0.4, -0.2) is 53.1 Å². The zero-order valence-electron chi connectivity index (χ0n) is 22.2. The summed E-state index contributed by atoms with van der Waals surface area (Å²) in [6, 6.07) is 17.0. The Balaban J connectivity index is 0.00000380. The third-order valence-corrected chi connectivity index (χ3v) is 8.20. The highest BCUT2D eigenvalue weighted by molar-refractivity contribution is 5.91. The van der Waals surface area contributed by atoms with Gasteiger partial charge in [-0.3, -0.25) is 9.59 Å². The monoisotopic (exact) mass is 529 g/mol. The highest BCUT2D eigenvalue weighted by Gasteiger charge is 2.58. The van der Waals surface area contributed by atoms with E-state index in [4.69, 9.17) is 10.5 Å². The standard InChI is InChI=1S/C29H39N3O4.ClH/c1-27(2)24(33)21-12-8-9-13-22(21)29(27)14-16-32(17-15-29)25(34)23(31-26(35)28(3,4)30)19-36-18-20-10-6-5-7-11-20;/h5-13,23-24,33H,14-19,30H2,1-4H3,(H,31,35);1H. The van der Waals surface area contributed by atoms with E-state index in [0.717, 1.165) is 24.0 Å². The zero-order valence-corrected chi connectivity index (χ0v) is 23.0. The number of nitrogens with two attached hydrogens (primary N) is 1. The van der Waals surface area contributed by atoms with Gasteiger partial charge in [0.05, 0.1) is 24.9 Å². The fourth-order valence-corrected chi connectivity index (χ4v) is 5.80. The van der Waals surface area contributed by atoms with Gasteiger partial charge < -0.3 is 25.8 Å². The predicted octanol–water partition coefficient (Wildman–Crippen LogP) is 3.48. The van der Waals surface area contributed by atoms with Gasteiger partial charge in [-0.25, -0.2) is 0 Å². The van der Waals surface area contributed by atoms with Crippen molar-refractivity contribution in [2.75, 3.05) is 19.7 Å². The minimum Gasteiger partial charge on any atom is -0.388 e. The molecule has 8 heteroatoms. The third kappa shape index (κ3) is 5.55. The van der Waals surface area contributed by atoms with Crippen molar-refractivity contribution in [3.8, 4) is 0 Å². The molecule has 1 saturated heterocycles. The Labute approximate surface area is 226 Å². The number of carbonyl (C=O) groups is 2. The van der Waals surface area contributed by atoms with Crippen LogP contribution >= 0.6 is 12.4 Å². The van der Waals surface area contributed by atoms with Gasteiger partial charge in [-0.1, -0.05) is 68.4 Å². The van der Waals surface area contributed by atoms with Crippen molar-refractivity contribution in [1.29, 1.82) is 0 Å². The van der Waals surface area contributed by atoms with E-state index in [2.05, 4.69) is 25.2 Å². The van der Waals surface area contributed by atoms with Crippen molar-refractivity contribution in [3.63, 3.8) is 0 Å². The van der Waals surface area contributed by atoms with Crippen molar-refractivity contribution < 1.29 is 19.4 Å². The number of nitrogens with one attached hydrogen (secondary N) is 1. The molecule has 0 radical (unpaired) electrons. The Hall–Kier alpha value is -2.45. The number of ether oxygens (including phenoxy) is 1. The number of halogens is 1. The Bertz CT molecular complexity index is 1090. The minimum atomic E-state index is -1.11. The lowest BCUT2D eigenvalue weighted by molar-refractivity contribution is -0.141. The van der Waals surface area contributed by atoms with Crippen LogP contribution in [0.3, 0.4) is 0 Å². The Morgan fingerprint density at radius 3 is 2.32 bits per heavy atom. The number of hydrogen-bond donors (Lipinski definition) is 3. The first-order valence-corrected chi connectivity index (χ1v) is 12.8. The summed E-state index contributed by atoms with van der Waals surface area (Å²) < 4.78 is 5.86. The maximum atomic E-state index is 13.6. The van der Waals surface area contributed by atoms with E-state index in [1.54, 1.807) is 13.8 Å². The molecule has 37 heavy (non-hydrogen) atoms. The lowest BCUT2D eigenvalue weighted by Crippen LogP contribution is -2.59. The SMILES string of the molecule is CC(C)(N)C(=O)NC(COCc1ccccc1)C(=O)N1CCC2(CC1)c1ccccc1C(O)C2(C)C.Cl. The molecule has 2 aliphatic rings. The lowest BCUT2D eigenvalue weighted by atomic mass is 9.60. The Kier molecular flexibility index (Phi) is 8.75. The summed E-state index contributed by atoms with van der Waals surface area (Å²) in [5.74, 6) is -0.563. The van der Waals surface area contributed by atoms with Gasteiger partial charge in [-0.2, -0.15) is 0 Å². The highest BCUT2D eigenvalue weighted by Crippen LogP contribution is 2.61. The summed E-state index contributed by atoms with van der Waals surface area (Å²) in [5.41, 5.74) is 7.50. The number of hydrogen-bond acceptors (Lipinski definition) is 5. The summed E-state index contributed by atoms with van der Waals surface area (Å²) in [4.78, 5) is 28.1. The van der Waals surface area contributed by atoms with Crippen LogP contribution in [0.15, 0.2) is 54.6 Å². The molecule has 1 aliphatic carbocycles. The molecule has 202 valence electrons. The molecule has 4 N–H and O–H groups in total. The molecule has 1 aliphatic heterocycles. The first kappa shape index (κ1) is 29.1. The van der Waals surface area contributed by atoms with Gasteiger partial charge in [0.2, 0.25) is 11.8 Å². The van der Waals surface area contributed by atoms with E-state index in [1.165, 1.54) is 5.56 Å². The number of amides is 2. The second-order valence-corrected chi connectivity index (χ2v) is 11.4. The molecule has 1 spiro atoms. The highest BCUT2D eigenvalue weighted by atomic mass is 35.5. The molecular formula is C29H40ClN3O4. The molecule has 7 nitrogen and oxygen atoms in total. The van der Waals surface area contributed by atoms with Crippen LogP contribution in [0.5, 0.6) is 0 Å². The van der Waals surface area contributed by atoms with E-state index in [9.17, 15) is 14.7 Å². The van der Waals surface area contributed by atoms with E-state index in [0.29, 0.717) is 19.7 Å². The molecule has 2 atom stereocenters. The predicted molar refractivity (Wildman–Crippen MR) is 146 cm³/mol. The average molecular weight is 530 g/mol. The lowest BCUT2D eigenvalue weighted by Gasteiger charge is -2.49. The summed E-state index contributed by atoms with van der Waals surface area (Å²) in [5, 5.41) is 13.9. The van der Waals surface area contributed by atoms with Crippen LogP contribution in [0.1, 0.15) is 63.3 Å². The number of piperidine rings is 1. The number of fused-ring (bicyclic) bond motifs is 2. The molecule has 1 heterocycles. The fraction of sp³-hybridized carbons (Fsp3) is 0.517. The molecule has 4 rings (SSSR count). The number of nitrogens with zero attached hydrogens (tertiary/aromatic N) is 1. The minimum absolute atomic E-state index is 0. The average Bonchev–Trinajstić information content (AvgIpc) is 3.02. The quantitative estimate of drug-likeness (QED) is 0.509. The molecule has 0 saturated carbocycles. The van der Waals surface area contributed by atoms with Gasteiger partial charge >= 0.3 is 0 Å². The van der Waals surface area contributed by atoms with Crippen LogP contribution in [0, 0.1) is 5.41 Å².